The average molecular weight is 347 g/mol. The molecule has 0 fully saturated rings. The molecule has 0 saturated carbocycles. The fourth-order valence-corrected chi connectivity index (χ4v) is 2.04. The number of amides is 1. The molecule has 0 bridgehead atoms. The second kappa shape index (κ2) is 8.68. The molecule has 0 aliphatic heterocycles. The number of methoxy groups -OCH3 is 2. The van der Waals surface area contributed by atoms with Crippen LogP contribution in [0.2, 0.25) is 0 Å². The van der Waals surface area contributed by atoms with Gasteiger partial charge in [0, 0.05) is 6.54 Å². The molecule has 2 rings (SSSR count). The fourth-order valence-electron chi connectivity index (χ4n) is 2.04. The first-order valence-corrected chi connectivity index (χ1v) is 7.43. The van der Waals surface area contributed by atoms with Crippen molar-refractivity contribution in [2.75, 3.05) is 20.8 Å². The van der Waals surface area contributed by atoms with Gasteiger partial charge in [-0.25, -0.2) is 9.18 Å². The van der Waals surface area contributed by atoms with Gasteiger partial charge in [0.05, 0.1) is 14.2 Å². The van der Waals surface area contributed by atoms with Crippen molar-refractivity contribution in [2.24, 2.45) is 0 Å². The lowest BCUT2D eigenvalue weighted by molar-refractivity contribution is -0.124. The second-order valence-electron chi connectivity index (χ2n) is 5.05. The summed E-state index contributed by atoms with van der Waals surface area (Å²) in [6, 6.07) is 10.4. The molecule has 2 aromatic carbocycles. The molecular formula is C18H18FNO5. The Balaban J connectivity index is 1.88. The van der Waals surface area contributed by atoms with Crippen LogP contribution in [0.3, 0.4) is 0 Å². The van der Waals surface area contributed by atoms with E-state index < -0.39 is 18.5 Å². The van der Waals surface area contributed by atoms with Crippen molar-refractivity contribution in [3.8, 4) is 11.5 Å². The van der Waals surface area contributed by atoms with Crippen molar-refractivity contribution in [2.45, 2.75) is 6.54 Å². The van der Waals surface area contributed by atoms with Gasteiger partial charge in [-0.2, -0.15) is 0 Å². The third-order valence-corrected chi connectivity index (χ3v) is 3.36. The van der Waals surface area contributed by atoms with Crippen molar-refractivity contribution < 1.29 is 28.2 Å². The lowest BCUT2D eigenvalue weighted by Crippen LogP contribution is -2.28. The molecule has 1 amide bonds. The predicted molar refractivity (Wildman–Crippen MR) is 88.1 cm³/mol. The van der Waals surface area contributed by atoms with Crippen LogP contribution in [0.1, 0.15) is 15.9 Å². The number of benzene rings is 2. The second-order valence-corrected chi connectivity index (χ2v) is 5.05. The fraction of sp³-hybridized carbons (Fsp3) is 0.222. The summed E-state index contributed by atoms with van der Waals surface area (Å²) in [5, 5.41) is 2.58. The van der Waals surface area contributed by atoms with E-state index in [0.29, 0.717) is 11.5 Å². The smallest absolute Gasteiger partial charge is 0.342 e. The van der Waals surface area contributed by atoms with Crippen LogP contribution in [-0.2, 0) is 16.1 Å². The lowest BCUT2D eigenvalue weighted by atomic mass is 10.2. The van der Waals surface area contributed by atoms with E-state index in [9.17, 15) is 14.0 Å². The molecule has 0 unspecified atom stereocenters. The average Bonchev–Trinajstić information content (AvgIpc) is 2.65. The van der Waals surface area contributed by atoms with Crippen LogP contribution in [0, 0.1) is 5.82 Å². The van der Waals surface area contributed by atoms with Gasteiger partial charge in [-0.1, -0.05) is 12.1 Å². The zero-order valence-electron chi connectivity index (χ0n) is 13.9. The summed E-state index contributed by atoms with van der Waals surface area (Å²) in [7, 11) is 2.90. The van der Waals surface area contributed by atoms with Crippen molar-refractivity contribution in [1.29, 1.82) is 0 Å². The predicted octanol–water partition coefficient (Wildman–Crippen LogP) is 2.32. The molecule has 0 spiro atoms. The van der Waals surface area contributed by atoms with Crippen LogP contribution < -0.4 is 14.8 Å². The van der Waals surface area contributed by atoms with E-state index in [1.54, 1.807) is 24.3 Å². The highest BCUT2D eigenvalue weighted by Crippen LogP contribution is 2.24. The van der Waals surface area contributed by atoms with Gasteiger partial charge in [-0.3, -0.25) is 4.79 Å². The van der Waals surface area contributed by atoms with Crippen molar-refractivity contribution >= 4 is 11.9 Å². The molecule has 132 valence electrons. The lowest BCUT2D eigenvalue weighted by Gasteiger charge is -2.10. The van der Waals surface area contributed by atoms with E-state index in [1.807, 2.05) is 0 Å². The molecule has 0 atom stereocenters. The third kappa shape index (κ3) is 5.20. The van der Waals surface area contributed by atoms with Gasteiger partial charge in [0.15, 0.2) is 6.61 Å². The normalized spacial score (nSPS) is 10.0. The Morgan fingerprint density at radius 2 is 1.76 bits per heavy atom. The number of hydrogen-bond acceptors (Lipinski definition) is 5. The molecule has 1 N–H and O–H groups in total. The SMILES string of the molecule is COc1ccc(OC)c(C(=O)OCC(=O)NCc2ccc(F)cc2)c1. The Kier molecular flexibility index (Phi) is 6.33. The molecular weight excluding hydrogens is 329 g/mol. The van der Waals surface area contributed by atoms with Gasteiger partial charge in [0.1, 0.15) is 22.9 Å². The van der Waals surface area contributed by atoms with Gasteiger partial charge >= 0.3 is 5.97 Å². The van der Waals surface area contributed by atoms with E-state index in [1.165, 1.54) is 32.4 Å². The monoisotopic (exact) mass is 347 g/mol. The van der Waals surface area contributed by atoms with Gasteiger partial charge in [0.2, 0.25) is 0 Å². The zero-order chi connectivity index (χ0) is 18.2. The van der Waals surface area contributed by atoms with Crippen LogP contribution >= 0.6 is 0 Å². The number of esters is 1. The van der Waals surface area contributed by atoms with Crippen LogP contribution in [0.5, 0.6) is 11.5 Å². The third-order valence-electron chi connectivity index (χ3n) is 3.36. The summed E-state index contributed by atoms with van der Waals surface area (Å²) in [6.07, 6.45) is 0. The number of nitrogens with one attached hydrogen (secondary N) is 1. The van der Waals surface area contributed by atoms with E-state index in [-0.39, 0.29) is 17.9 Å². The van der Waals surface area contributed by atoms with E-state index in [2.05, 4.69) is 5.32 Å². The van der Waals surface area contributed by atoms with Crippen LogP contribution in [0.4, 0.5) is 4.39 Å². The summed E-state index contributed by atoms with van der Waals surface area (Å²) in [5.74, 6) is -0.741. The van der Waals surface area contributed by atoms with Gasteiger partial charge in [-0.05, 0) is 35.9 Å². The summed E-state index contributed by atoms with van der Waals surface area (Å²) in [5.41, 5.74) is 0.892. The Bertz CT molecular complexity index is 746. The van der Waals surface area contributed by atoms with Gasteiger partial charge in [0.25, 0.3) is 5.91 Å². The molecule has 7 heteroatoms. The number of ether oxygens (including phenoxy) is 3. The van der Waals surface area contributed by atoms with Crippen LogP contribution in [0.25, 0.3) is 0 Å². The molecule has 0 aromatic heterocycles. The zero-order valence-corrected chi connectivity index (χ0v) is 13.9. The largest absolute Gasteiger partial charge is 0.497 e. The molecule has 0 radical (unpaired) electrons. The Hall–Kier alpha value is -3.09. The standard InChI is InChI=1S/C18H18FNO5/c1-23-14-7-8-16(24-2)15(9-14)18(22)25-11-17(21)20-10-12-3-5-13(19)6-4-12/h3-9H,10-11H2,1-2H3,(H,20,21). The highest BCUT2D eigenvalue weighted by Gasteiger charge is 2.16. The topological polar surface area (TPSA) is 73.9 Å². The van der Waals surface area contributed by atoms with Crippen LogP contribution in [0.15, 0.2) is 42.5 Å². The minimum absolute atomic E-state index is 0.160. The molecule has 2 aromatic rings. The maximum atomic E-state index is 12.8. The Labute approximate surface area is 144 Å². The quantitative estimate of drug-likeness (QED) is 0.778. The number of hydrogen-bond donors (Lipinski definition) is 1. The van der Waals surface area contributed by atoms with E-state index in [0.717, 1.165) is 5.56 Å². The molecule has 0 saturated heterocycles. The maximum absolute atomic E-state index is 12.8. The maximum Gasteiger partial charge on any atom is 0.342 e. The Morgan fingerprint density at radius 3 is 2.40 bits per heavy atom. The first-order chi connectivity index (χ1) is 12.0. The molecule has 25 heavy (non-hydrogen) atoms. The molecule has 6 nitrogen and oxygen atoms in total. The molecule has 0 heterocycles. The first-order valence-electron chi connectivity index (χ1n) is 7.43. The van der Waals surface area contributed by atoms with Gasteiger partial charge in [-0.15, -0.1) is 0 Å². The summed E-state index contributed by atoms with van der Waals surface area (Å²) in [4.78, 5) is 23.9. The summed E-state index contributed by atoms with van der Waals surface area (Å²) < 4.78 is 28.0. The minimum atomic E-state index is -0.701. The molecule has 0 aliphatic rings. The number of carbonyl (C=O) groups is 2. The van der Waals surface area contributed by atoms with Crippen LogP contribution in [-0.4, -0.2) is 32.7 Å². The van der Waals surface area contributed by atoms with Crippen molar-refractivity contribution in [3.05, 3.63) is 59.4 Å². The first kappa shape index (κ1) is 18.3. The minimum Gasteiger partial charge on any atom is -0.497 e. The van der Waals surface area contributed by atoms with Gasteiger partial charge < -0.3 is 19.5 Å². The number of carbonyl (C=O) groups excluding carboxylic acids is 2. The van der Waals surface area contributed by atoms with Crippen molar-refractivity contribution in [1.82, 2.24) is 5.32 Å². The summed E-state index contributed by atoms with van der Waals surface area (Å²) >= 11 is 0. The van der Waals surface area contributed by atoms with E-state index in [4.69, 9.17) is 14.2 Å². The highest BCUT2D eigenvalue weighted by molar-refractivity contribution is 5.94. The summed E-state index contributed by atoms with van der Waals surface area (Å²) in [6.45, 7) is -0.237. The number of rotatable bonds is 7. The number of halogens is 1. The highest BCUT2D eigenvalue weighted by atomic mass is 19.1. The Morgan fingerprint density at radius 1 is 1.04 bits per heavy atom. The van der Waals surface area contributed by atoms with Crippen molar-refractivity contribution in [3.63, 3.8) is 0 Å². The van der Waals surface area contributed by atoms with E-state index >= 15 is 0 Å². The molecule has 0 aliphatic carbocycles.